The highest BCUT2D eigenvalue weighted by Gasteiger charge is 2.14. The van der Waals surface area contributed by atoms with Gasteiger partial charge in [0.15, 0.2) is 5.82 Å². The van der Waals surface area contributed by atoms with E-state index in [1.54, 1.807) is 48.7 Å². The number of nitrogens with zero attached hydrogens (tertiary/aromatic N) is 3. The van der Waals surface area contributed by atoms with Gasteiger partial charge in [0.1, 0.15) is 5.56 Å². The van der Waals surface area contributed by atoms with E-state index in [4.69, 9.17) is 11.6 Å². The molecule has 2 N–H and O–H groups in total. The van der Waals surface area contributed by atoms with E-state index in [1.807, 2.05) is 0 Å². The van der Waals surface area contributed by atoms with Crippen LogP contribution in [0.5, 0.6) is 5.88 Å². The first kappa shape index (κ1) is 15.7. The highest BCUT2D eigenvalue weighted by atomic mass is 35.5. The second-order valence-corrected chi connectivity index (χ2v) is 5.19. The van der Waals surface area contributed by atoms with E-state index in [2.05, 4.69) is 15.0 Å². The summed E-state index contributed by atoms with van der Waals surface area (Å²) in [6.07, 6.45) is 2.70. The number of aromatic nitrogens is 3. The molecule has 0 saturated heterocycles. The number of nitrogens with one attached hydrogen (secondary N) is 1. The quantitative estimate of drug-likeness (QED) is 0.711. The third-order valence-electron chi connectivity index (χ3n) is 3.18. The van der Waals surface area contributed by atoms with Gasteiger partial charge in [0.2, 0.25) is 5.88 Å². The molecule has 0 aliphatic rings. The molecule has 0 atom stereocenters. The molecule has 0 aliphatic carbocycles. The summed E-state index contributed by atoms with van der Waals surface area (Å²) in [6, 6.07) is 11.3. The smallest absolute Gasteiger partial charge is 0.335 e. The molecule has 8 heteroatoms. The lowest BCUT2D eigenvalue weighted by atomic mass is 10.3. The highest BCUT2D eigenvalue weighted by molar-refractivity contribution is 6.30. The van der Waals surface area contributed by atoms with Crippen LogP contribution in [0.4, 0.5) is 5.82 Å². The number of rotatable bonds is 3. The molecule has 0 bridgehead atoms. The second kappa shape index (κ2) is 6.51. The Labute approximate surface area is 140 Å². The van der Waals surface area contributed by atoms with Crippen LogP contribution < -0.4 is 11.2 Å². The zero-order valence-corrected chi connectivity index (χ0v) is 12.9. The molecular weight excluding hydrogens is 332 g/mol. The van der Waals surface area contributed by atoms with Gasteiger partial charge in [-0.3, -0.25) is 9.78 Å². The molecule has 0 radical (unpaired) electrons. The Bertz CT molecular complexity index is 1010. The van der Waals surface area contributed by atoms with E-state index in [9.17, 15) is 14.7 Å². The predicted molar refractivity (Wildman–Crippen MR) is 90.8 cm³/mol. The SMILES string of the molecule is O=c1[nH]c(=O)n(-c2ccc(Cl)cc2)c(O)c1/C=N/c1ccccn1. The lowest BCUT2D eigenvalue weighted by molar-refractivity contribution is 0.430. The van der Waals surface area contributed by atoms with Gasteiger partial charge in [-0.2, -0.15) is 0 Å². The van der Waals surface area contributed by atoms with Gasteiger partial charge in [-0.1, -0.05) is 17.7 Å². The van der Waals surface area contributed by atoms with Gasteiger partial charge in [-0.05, 0) is 36.4 Å². The van der Waals surface area contributed by atoms with E-state index in [1.165, 1.54) is 0 Å². The molecule has 0 fully saturated rings. The number of H-pyrrole nitrogens is 1. The van der Waals surface area contributed by atoms with Crippen LogP contribution in [0.25, 0.3) is 5.69 Å². The normalized spacial score (nSPS) is 11.0. The molecule has 0 amide bonds. The monoisotopic (exact) mass is 342 g/mol. The third-order valence-corrected chi connectivity index (χ3v) is 3.43. The maximum Gasteiger partial charge on any atom is 0.335 e. The fourth-order valence-electron chi connectivity index (χ4n) is 2.05. The van der Waals surface area contributed by atoms with Crippen LogP contribution in [-0.4, -0.2) is 25.9 Å². The second-order valence-electron chi connectivity index (χ2n) is 4.75. The van der Waals surface area contributed by atoms with Gasteiger partial charge < -0.3 is 5.11 Å². The maximum atomic E-state index is 12.0. The summed E-state index contributed by atoms with van der Waals surface area (Å²) in [5, 5.41) is 10.8. The Kier molecular flexibility index (Phi) is 4.26. The van der Waals surface area contributed by atoms with Crippen molar-refractivity contribution in [2.45, 2.75) is 0 Å². The van der Waals surface area contributed by atoms with E-state index in [0.717, 1.165) is 10.8 Å². The van der Waals surface area contributed by atoms with Gasteiger partial charge in [-0.25, -0.2) is 19.3 Å². The van der Waals surface area contributed by atoms with Gasteiger partial charge >= 0.3 is 5.69 Å². The largest absolute Gasteiger partial charge is 0.493 e. The van der Waals surface area contributed by atoms with Crippen LogP contribution in [-0.2, 0) is 0 Å². The van der Waals surface area contributed by atoms with Gasteiger partial charge in [0.05, 0.1) is 5.69 Å². The summed E-state index contributed by atoms with van der Waals surface area (Å²) < 4.78 is 0.956. The zero-order chi connectivity index (χ0) is 17.1. The van der Waals surface area contributed by atoms with Crippen LogP contribution in [0.3, 0.4) is 0 Å². The molecule has 3 rings (SSSR count). The maximum absolute atomic E-state index is 12.0. The van der Waals surface area contributed by atoms with Crippen molar-refractivity contribution in [2.75, 3.05) is 0 Å². The first-order chi connectivity index (χ1) is 11.6. The van der Waals surface area contributed by atoms with Crippen LogP contribution in [0, 0.1) is 0 Å². The number of aromatic hydroxyl groups is 1. The summed E-state index contributed by atoms with van der Waals surface area (Å²) in [4.78, 5) is 34.1. The number of aliphatic imine (C=N–C) groups is 1. The standard InChI is InChI=1S/C16H11ClN4O3/c17-10-4-6-11(7-5-10)21-15(23)12(14(22)20-16(21)24)9-19-13-3-1-2-8-18-13/h1-9,23H,(H,20,22,24)/b19-9+. The molecule has 0 aliphatic heterocycles. The molecule has 24 heavy (non-hydrogen) atoms. The fraction of sp³-hybridized carbons (Fsp3) is 0. The van der Waals surface area contributed by atoms with Crippen molar-refractivity contribution < 1.29 is 5.11 Å². The number of hydrogen-bond donors (Lipinski definition) is 2. The number of halogens is 1. The van der Waals surface area contributed by atoms with Crippen molar-refractivity contribution in [1.29, 1.82) is 0 Å². The average Bonchev–Trinajstić information content (AvgIpc) is 2.57. The zero-order valence-electron chi connectivity index (χ0n) is 12.2. The Balaban J connectivity index is 2.13. The summed E-state index contributed by atoms with van der Waals surface area (Å²) >= 11 is 5.82. The van der Waals surface area contributed by atoms with Crippen LogP contribution in [0.15, 0.2) is 63.2 Å². The summed E-state index contributed by atoms with van der Waals surface area (Å²) in [5.74, 6) is -0.161. The summed E-state index contributed by atoms with van der Waals surface area (Å²) in [6.45, 7) is 0. The molecule has 0 saturated carbocycles. The lowest BCUT2D eigenvalue weighted by Crippen LogP contribution is -2.31. The van der Waals surface area contributed by atoms with Crippen molar-refractivity contribution in [1.82, 2.24) is 14.5 Å². The Hall–Kier alpha value is -3.19. The molecule has 0 unspecified atom stereocenters. The van der Waals surface area contributed by atoms with E-state index in [0.29, 0.717) is 16.5 Å². The first-order valence-corrected chi connectivity index (χ1v) is 7.23. The topological polar surface area (TPSA) is 100 Å². The van der Waals surface area contributed by atoms with Crippen LogP contribution in [0.1, 0.15) is 5.56 Å². The Morgan fingerprint density at radius 3 is 2.58 bits per heavy atom. The average molecular weight is 343 g/mol. The van der Waals surface area contributed by atoms with E-state index >= 15 is 0 Å². The fourth-order valence-corrected chi connectivity index (χ4v) is 2.17. The highest BCUT2D eigenvalue weighted by Crippen LogP contribution is 2.18. The molecule has 7 nitrogen and oxygen atoms in total. The van der Waals surface area contributed by atoms with Crippen LogP contribution >= 0.6 is 11.6 Å². The summed E-state index contributed by atoms with van der Waals surface area (Å²) in [7, 11) is 0. The van der Waals surface area contributed by atoms with Crippen LogP contribution in [0.2, 0.25) is 5.02 Å². The lowest BCUT2D eigenvalue weighted by Gasteiger charge is -2.09. The summed E-state index contributed by atoms with van der Waals surface area (Å²) in [5.41, 5.74) is -1.32. The minimum Gasteiger partial charge on any atom is -0.493 e. The molecule has 2 heterocycles. The first-order valence-electron chi connectivity index (χ1n) is 6.85. The van der Waals surface area contributed by atoms with Crippen molar-refractivity contribution in [2.24, 2.45) is 4.99 Å². The minimum absolute atomic E-state index is 0.157. The number of benzene rings is 1. The van der Waals surface area contributed by atoms with Crippen molar-refractivity contribution >= 4 is 23.6 Å². The molecular formula is C16H11ClN4O3. The minimum atomic E-state index is -0.769. The number of pyridine rings is 1. The Morgan fingerprint density at radius 2 is 1.92 bits per heavy atom. The van der Waals surface area contributed by atoms with Crippen molar-refractivity contribution in [3.05, 3.63) is 80.1 Å². The predicted octanol–water partition coefficient (Wildman–Crippen LogP) is 2.03. The molecule has 2 aromatic heterocycles. The molecule has 120 valence electrons. The number of hydrogen-bond acceptors (Lipinski definition) is 5. The van der Waals surface area contributed by atoms with Crippen molar-refractivity contribution in [3.8, 4) is 11.6 Å². The molecule has 1 aromatic carbocycles. The molecule has 0 spiro atoms. The number of aromatic amines is 1. The third kappa shape index (κ3) is 3.11. The van der Waals surface area contributed by atoms with E-state index < -0.39 is 17.1 Å². The van der Waals surface area contributed by atoms with Gasteiger partial charge in [0, 0.05) is 17.4 Å². The molecule has 3 aromatic rings. The van der Waals surface area contributed by atoms with Crippen molar-refractivity contribution in [3.63, 3.8) is 0 Å². The van der Waals surface area contributed by atoms with E-state index in [-0.39, 0.29) is 5.56 Å². The Morgan fingerprint density at radius 1 is 1.17 bits per heavy atom. The van der Waals surface area contributed by atoms with Gasteiger partial charge in [-0.15, -0.1) is 0 Å². The van der Waals surface area contributed by atoms with Gasteiger partial charge in [0.25, 0.3) is 5.56 Å².